The summed E-state index contributed by atoms with van der Waals surface area (Å²) in [5.41, 5.74) is 1.13. The molecule has 0 spiro atoms. The zero-order valence-electron chi connectivity index (χ0n) is 14.6. The molecule has 1 heterocycles. The molecule has 0 radical (unpaired) electrons. The van der Waals surface area contributed by atoms with Crippen molar-refractivity contribution in [2.45, 2.75) is 38.0 Å². The molecule has 2 rings (SSSR count). The summed E-state index contributed by atoms with van der Waals surface area (Å²) in [6, 6.07) is 6.88. The Morgan fingerprint density at radius 1 is 1.21 bits per heavy atom. The van der Waals surface area contributed by atoms with Crippen LogP contribution in [0.25, 0.3) is 0 Å². The lowest BCUT2D eigenvalue weighted by molar-refractivity contribution is 0.0513. The predicted octanol–water partition coefficient (Wildman–Crippen LogP) is 3.46. The monoisotopic (exact) mass is 449 g/mol. The van der Waals surface area contributed by atoms with E-state index in [9.17, 15) is 4.39 Å². The Bertz CT molecular complexity index is 501. The average Bonchev–Trinajstić information content (AvgIpc) is 2.59. The molecule has 1 aliphatic rings. The highest BCUT2D eigenvalue weighted by Crippen LogP contribution is 2.34. The molecule has 24 heavy (non-hydrogen) atoms. The summed E-state index contributed by atoms with van der Waals surface area (Å²) < 4.78 is 18.8. The molecule has 0 atom stereocenters. The fourth-order valence-electron chi connectivity index (χ4n) is 2.99. The van der Waals surface area contributed by atoms with Crippen LogP contribution in [-0.4, -0.2) is 39.3 Å². The zero-order valence-corrected chi connectivity index (χ0v) is 16.9. The van der Waals surface area contributed by atoms with Crippen molar-refractivity contribution < 1.29 is 9.13 Å². The van der Waals surface area contributed by atoms with Gasteiger partial charge < -0.3 is 15.4 Å². The van der Waals surface area contributed by atoms with Crippen LogP contribution in [0, 0.1) is 5.82 Å². The Morgan fingerprint density at radius 3 is 2.46 bits per heavy atom. The topological polar surface area (TPSA) is 45.7 Å². The number of benzene rings is 1. The normalized spacial score (nSPS) is 17.0. The van der Waals surface area contributed by atoms with E-state index in [-0.39, 0.29) is 35.2 Å². The summed E-state index contributed by atoms with van der Waals surface area (Å²) in [6.07, 6.45) is 4.13. The lowest BCUT2D eigenvalue weighted by Gasteiger charge is -2.38. The van der Waals surface area contributed by atoms with Crippen LogP contribution in [0.3, 0.4) is 0 Å². The third-order valence-electron chi connectivity index (χ3n) is 4.55. The van der Waals surface area contributed by atoms with Gasteiger partial charge in [-0.2, -0.15) is 0 Å². The van der Waals surface area contributed by atoms with Crippen LogP contribution in [0.15, 0.2) is 29.3 Å². The van der Waals surface area contributed by atoms with E-state index in [1.165, 1.54) is 5.56 Å². The van der Waals surface area contributed by atoms with Crippen molar-refractivity contribution in [3.8, 4) is 0 Å². The van der Waals surface area contributed by atoms with Crippen LogP contribution in [0.1, 0.15) is 38.2 Å². The number of unbranched alkanes of at least 4 members (excludes halogenated alkanes) is 1. The number of nitrogens with zero attached hydrogens (tertiary/aromatic N) is 1. The number of guanidine groups is 1. The van der Waals surface area contributed by atoms with Gasteiger partial charge in [-0.25, -0.2) is 4.39 Å². The van der Waals surface area contributed by atoms with Crippen molar-refractivity contribution in [2.75, 3.05) is 33.4 Å². The second-order valence-electron chi connectivity index (χ2n) is 6.11. The fourth-order valence-corrected chi connectivity index (χ4v) is 2.99. The van der Waals surface area contributed by atoms with Gasteiger partial charge in [0.1, 0.15) is 5.82 Å². The lowest BCUT2D eigenvalue weighted by Crippen LogP contribution is -2.48. The fraction of sp³-hybridized carbons (Fsp3) is 0.611. The first-order valence-electron chi connectivity index (χ1n) is 8.48. The van der Waals surface area contributed by atoms with Gasteiger partial charge in [-0.3, -0.25) is 4.99 Å². The van der Waals surface area contributed by atoms with Gasteiger partial charge in [0.05, 0.1) is 0 Å². The maximum absolute atomic E-state index is 13.3. The smallest absolute Gasteiger partial charge is 0.191 e. The molecular formula is C18H29FIN3O. The number of nitrogens with one attached hydrogen (secondary N) is 2. The van der Waals surface area contributed by atoms with E-state index < -0.39 is 0 Å². The lowest BCUT2D eigenvalue weighted by atomic mass is 9.74. The van der Waals surface area contributed by atoms with Gasteiger partial charge in [-0.1, -0.05) is 25.5 Å². The van der Waals surface area contributed by atoms with Crippen LogP contribution in [0.2, 0.25) is 0 Å². The molecule has 1 aliphatic heterocycles. The largest absolute Gasteiger partial charge is 0.381 e. The van der Waals surface area contributed by atoms with Crippen molar-refractivity contribution in [2.24, 2.45) is 4.99 Å². The summed E-state index contributed by atoms with van der Waals surface area (Å²) in [5.74, 6) is 0.632. The first kappa shape index (κ1) is 21.2. The highest BCUT2D eigenvalue weighted by atomic mass is 127. The van der Waals surface area contributed by atoms with Crippen LogP contribution < -0.4 is 10.6 Å². The van der Waals surface area contributed by atoms with Gasteiger partial charge in [0.25, 0.3) is 0 Å². The number of hydrogen-bond donors (Lipinski definition) is 2. The molecule has 0 amide bonds. The Balaban J connectivity index is 0.00000288. The maximum atomic E-state index is 13.3. The van der Waals surface area contributed by atoms with Crippen LogP contribution >= 0.6 is 24.0 Å². The highest BCUT2D eigenvalue weighted by Gasteiger charge is 2.34. The minimum atomic E-state index is -0.194. The van der Waals surface area contributed by atoms with Crippen LogP contribution in [-0.2, 0) is 10.2 Å². The van der Waals surface area contributed by atoms with E-state index in [0.29, 0.717) is 0 Å². The summed E-state index contributed by atoms with van der Waals surface area (Å²) in [5, 5.41) is 6.78. The molecule has 2 N–H and O–H groups in total. The van der Waals surface area contributed by atoms with Gasteiger partial charge in [-0.05, 0) is 37.0 Å². The van der Waals surface area contributed by atoms with Crippen molar-refractivity contribution >= 4 is 29.9 Å². The molecule has 136 valence electrons. The molecule has 0 aromatic heterocycles. The minimum Gasteiger partial charge on any atom is -0.381 e. The van der Waals surface area contributed by atoms with Gasteiger partial charge in [0.15, 0.2) is 5.96 Å². The molecule has 4 nitrogen and oxygen atoms in total. The van der Waals surface area contributed by atoms with E-state index in [1.54, 1.807) is 19.2 Å². The molecule has 1 saturated heterocycles. The molecule has 1 aromatic rings. The van der Waals surface area contributed by atoms with E-state index in [4.69, 9.17) is 4.74 Å². The van der Waals surface area contributed by atoms with E-state index in [2.05, 4.69) is 22.5 Å². The van der Waals surface area contributed by atoms with Gasteiger partial charge in [-0.15, -0.1) is 24.0 Å². The van der Waals surface area contributed by atoms with E-state index >= 15 is 0 Å². The zero-order chi connectivity index (χ0) is 16.5. The van der Waals surface area contributed by atoms with Crippen molar-refractivity contribution in [3.63, 3.8) is 0 Å². The van der Waals surface area contributed by atoms with Crippen molar-refractivity contribution in [3.05, 3.63) is 35.6 Å². The minimum absolute atomic E-state index is 0. The Labute approximate surface area is 161 Å². The summed E-state index contributed by atoms with van der Waals surface area (Å²) in [6.45, 7) is 5.34. The predicted molar refractivity (Wildman–Crippen MR) is 108 cm³/mol. The highest BCUT2D eigenvalue weighted by molar-refractivity contribution is 14.0. The van der Waals surface area contributed by atoms with E-state index in [1.807, 2.05) is 12.1 Å². The summed E-state index contributed by atoms with van der Waals surface area (Å²) in [4.78, 5) is 4.29. The number of hydrogen-bond acceptors (Lipinski definition) is 2. The molecule has 6 heteroatoms. The second-order valence-corrected chi connectivity index (χ2v) is 6.11. The van der Waals surface area contributed by atoms with Crippen LogP contribution in [0.5, 0.6) is 0 Å². The molecule has 0 unspecified atom stereocenters. The summed E-state index contributed by atoms with van der Waals surface area (Å²) in [7, 11) is 1.79. The third kappa shape index (κ3) is 5.88. The van der Waals surface area contributed by atoms with E-state index in [0.717, 1.165) is 57.9 Å². The maximum Gasteiger partial charge on any atom is 0.191 e. The van der Waals surface area contributed by atoms with Crippen molar-refractivity contribution in [1.82, 2.24) is 10.6 Å². The number of halogens is 2. The molecular weight excluding hydrogens is 420 g/mol. The van der Waals surface area contributed by atoms with Gasteiger partial charge in [0.2, 0.25) is 0 Å². The van der Waals surface area contributed by atoms with Crippen LogP contribution in [0.4, 0.5) is 4.39 Å². The molecule has 0 saturated carbocycles. The summed E-state index contributed by atoms with van der Waals surface area (Å²) >= 11 is 0. The Morgan fingerprint density at radius 2 is 1.88 bits per heavy atom. The molecule has 0 bridgehead atoms. The molecule has 0 aliphatic carbocycles. The average molecular weight is 449 g/mol. The Hall–Kier alpha value is -0.890. The Kier molecular flexibility index (Phi) is 9.58. The first-order chi connectivity index (χ1) is 11.2. The number of rotatable bonds is 6. The molecule has 1 fully saturated rings. The van der Waals surface area contributed by atoms with Gasteiger partial charge in [0, 0.05) is 38.8 Å². The number of aliphatic imine (C=N–C) groups is 1. The third-order valence-corrected chi connectivity index (χ3v) is 4.55. The quantitative estimate of drug-likeness (QED) is 0.303. The van der Waals surface area contributed by atoms with Gasteiger partial charge >= 0.3 is 0 Å². The standard InChI is InChI=1S/C18H28FN3O.HI/c1-3-4-11-21-17(20-2)22-14-18(9-12-23-13-10-18)15-5-7-16(19)8-6-15;/h5-8H,3-4,9-14H2,1-2H3,(H2,20,21,22);1H. The SMILES string of the molecule is CCCCNC(=NC)NCC1(c2ccc(F)cc2)CCOCC1.I. The molecule has 1 aromatic carbocycles. The second kappa shape index (κ2) is 10.9. The van der Waals surface area contributed by atoms with Crippen molar-refractivity contribution in [1.29, 1.82) is 0 Å². The first-order valence-corrected chi connectivity index (χ1v) is 8.48. The number of ether oxygens (including phenoxy) is 1.